The summed E-state index contributed by atoms with van der Waals surface area (Å²) in [6, 6.07) is 0.452. The van der Waals surface area contributed by atoms with Crippen molar-refractivity contribution in [2.24, 2.45) is 11.8 Å². The zero-order chi connectivity index (χ0) is 11.4. The fraction of sp³-hybridized carbons (Fsp3) is 1.00. The van der Waals surface area contributed by atoms with Gasteiger partial charge in [-0.25, -0.2) is 0 Å². The highest BCUT2D eigenvalue weighted by Gasteiger charge is 2.33. The molecule has 0 spiro atoms. The number of hydrogen-bond donors (Lipinski definition) is 2. The summed E-state index contributed by atoms with van der Waals surface area (Å²) in [5.74, 6) is 1.78. The standard InChI is InChI=1S/C12H26N2O/c1-9(2)13-6-12(15)8-14(4)7-11-5-10(11)3/h9-13,15H,5-8H2,1-4H3. The van der Waals surface area contributed by atoms with Crippen LogP contribution in [-0.2, 0) is 0 Å². The Morgan fingerprint density at radius 1 is 1.47 bits per heavy atom. The molecular formula is C12H26N2O. The third-order valence-corrected chi connectivity index (χ3v) is 3.11. The van der Waals surface area contributed by atoms with Gasteiger partial charge in [-0.3, -0.25) is 0 Å². The monoisotopic (exact) mass is 214 g/mol. The van der Waals surface area contributed by atoms with Crippen LogP contribution in [0.5, 0.6) is 0 Å². The van der Waals surface area contributed by atoms with Crippen LogP contribution in [0, 0.1) is 11.8 Å². The molecule has 0 saturated heterocycles. The second kappa shape index (κ2) is 5.83. The molecule has 0 radical (unpaired) electrons. The van der Waals surface area contributed by atoms with Crippen molar-refractivity contribution in [2.45, 2.75) is 39.3 Å². The first-order chi connectivity index (χ1) is 6.99. The number of hydrogen-bond acceptors (Lipinski definition) is 3. The van der Waals surface area contributed by atoms with Crippen LogP contribution in [0.3, 0.4) is 0 Å². The predicted molar refractivity (Wildman–Crippen MR) is 63.9 cm³/mol. The van der Waals surface area contributed by atoms with E-state index >= 15 is 0 Å². The molecule has 0 heterocycles. The summed E-state index contributed by atoms with van der Waals surface area (Å²) < 4.78 is 0. The number of nitrogens with zero attached hydrogens (tertiary/aromatic N) is 1. The second-order valence-corrected chi connectivity index (χ2v) is 5.41. The zero-order valence-electron chi connectivity index (χ0n) is 10.5. The number of aliphatic hydroxyl groups is 1. The summed E-state index contributed by atoms with van der Waals surface area (Å²) in [6.45, 7) is 9.12. The van der Waals surface area contributed by atoms with Gasteiger partial charge in [-0.1, -0.05) is 20.8 Å². The van der Waals surface area contributed by atoms with Crippen molar-refractivity contribution in [3.8, 4) is 0 Å². The summed E-state index contributed by atoms with van der Waals surface area (Å²) in [6.07, 6.45) is 1.12. The highest BCUT2D eigenvalue weighted by molar-refractivity contribution is 4.84. The molecule has 15 heavy (non-hydrogen) atoms. The molecule has 90 valence electrons. The van der Waals surface area contributed by atoms with Crippen LogP contribution in [0.1, 0.15) is 27.2 Å². The number of aliphatic hydroxyl groups excluding tert-OH is 1. The first kappa shape index (κ1) is 12.9. The van der Waals surface area contributed by atoms with Crippen molar-refractivity contribution >= 4 is 0 Å². The molecule has 3 atom stereocenters. The van der Waals surface area contributed by atoms with Crippen LogP contribution >= 0.6 is 0 Å². The molecule has 1 aliphatic rings. The zero-order valence-corrected chi connectivity index (χ0v) is 10.5. The van der Waals surface area contributed by atoms with Crippen molar-refractivity contribution in [1.82, 2.24) is 10.2 Å². The Morgan fingerprint density at radius 3 is 2.53 bits per heavy atom. The molecule has 2 N–H and O–H groups in total. The molecule has 0 aromatic heterocycles. The van der Waals surface area contributed by atoms with Gasteiger partial charge in [0.2, 0.25) is 0 Å². The average molecular weight is 214 g/mol. The van der Waals surface area contributed by atoms with E-state index in [0.29, 0.717) is 12.6 Å². The van der Waals surface area contributed by atoms with E-state index in [1.807, 2.05) is 0 Å². The summed E-state index contributed by atoms with van der Waals surface area (Å²) >= 11 is 0. The van der Waals surface area contributed by atoms with Gasteiger partial charge in [0.25, 0.3) is 0 Å². The number of nitrogens with one attached hydrogen (secondary N) is 1. The van der Waals surface area contributed by atoms with Gasteiger partial charge in [-0.15, -0.1) is 0 Å². The Hall–Kier alpha value is -0.120. The Balaban J connectivity index is 2.05. The molecule has 0 aromatic carbocycles. The maximum atomic E-state index is 9.76. The fourth-order valence-corrected chi connectivity index (χ4v) is 1.92. The van der Waals surface area contributed by atoms with Crippen molar-refractivity contribution in [1.29, 1.82) is 0 Å². The van der Waals surface area contributed by atoms with Crippen LogP contribution in [0.2, 0.25) is 0 Å². The molecule has 0 bridgehead atoms. The lowest BCUT2D eigenvalue weighted by molar-refractivity contribution is 0.119. The molecule has 0 aliphatic heterocycles. The van der Waals surface area contributed by atoms with E-state index in [-0.39, 0.29) is 6.10 Å². The van der Waals surface area contributed by atoms with Crippen LogP contribution in [0.25, 0.3) is 0 Å². The quantitative estimate of drug-likeness (QED) is 0.662. The Bertz CT molecular complexity index is 184. The average Bonchev–Trinajstić information content (AvgIpc) is 2.78. The van der Waals surface area contributed by atoms with Gasteiger partial charge >= 0.3 is 0 Å². The van der Waals surface area contributed by atoms with Crippen molar-refractivity contribution < 1.29 is 5.11 Å². The molecule has 1 aliphatic carbocycles. The second-order valence-electron chi connectivity index (χ2n) is 5.41. The molecule has 0 aromatic rings. The van der Waals surface area contributed by atoms with Crippen LogP contribution in [-0.4, -0.2) is 48.8 Å². The first-order valence-electron chi connectivity index (χ1n) is 6.09. The Labute approximate surface area is 93.9 Å². The lowest BCUT2D eigenvalue weighted by Gasteiger charge is -2.21. The summed E-state index contributed by atoms with van der Waals surface area (Å²) in [4.78, 5) is 2.25. The highest BCUT2D eigenvalue weighted by atomic mass is 16.3. The molecular weight excluding hydrogens is 188 g/mol. The lowest BCUT2D eigenvalue weighted by atomic mass is 10.2. The first-order valence-corrected chi connectivity index (χ1v) is 6.09. The summed E-state index contributed by atoms with van der Waals surface area (Å²) in [7, 11) is 2.10. The fourth-order valence-electron chi connectivity index (χ4n) is 1.92. The third-order valence-electron chi connectivity index (χ3n) is 3.11. The lowest BCUT2D eigenvalue weighted by Crippen LogP contribution is -2.39. The molecule has 1 rings (SSSR count). The van der Waals surface area contributed by atoms with Gasteiger partial charge in [-0.2, -0.15) is 0 Å². The molecule has 3 unspecified atom stereocenters. The van der Waals surface area contributed by atoms with E-state index in [4.69, 9.17) is 0 Å². The molecule has 1 saturated carbocycles. The van der Waals surface area contributed by atoms with Crippen molar-refractivity contribution in [3.05, 3.63) is 0 Å². The van der Waals surface area contributed by atoms with E-state index in [1.165, 1.54) is 6.42 Å². The van der Waals surface area contributed by atoms with Crippen molar-refractivity contribution in [2.75, 3.05) is 26.7 Å². The topological polar surface area (TPSA) is 35.5 Å². The van der Waals surface area contributed by atoms with Gasteiger partial charge < -0.3 is 15.3 Å². The van der Waals surface area contributed by atoms with Gasteiger partial charge in [0.1, 0.15) is 0 Å². The van der Waals surface area contributed by atoms with Crippen LogP contribution in [0.4, 0.5) is 0 Å². The Morgan fingerprint density at radius 2 is 2.07 bits per heavy atom. The van der Waals surface area contributed by atoms with Gasteiger partial charge in [0.15, 0.2) is 0 Å². The van der Waals surface area contributed by atoms with Gasteiger partial charge in [-0.05, 0) is 25.3 Å². The van der Waals surface area contributed by atoms with E-state index < -0.39 is 0 Å². The summed E-state index contributed by atoms with van der Waals surface area (Å²) in [5.41, 5.74) is 0. The van der Waals surface area contributed by atoms with E-state index in [1.54, 1.807) is 0 Å². The third kappa shape index (κ3) is 5.50. The smallest absolute Gasteiger partial charge is 0.0791 e. The minimum atomic E-state index is -0.244. The number of rotatable bonds is 7. The number of likely N-dealkylation sites (N-methyl/N-ethyl adjacent to an activating group) is 1. The van der Waals surface area contributed by atoms with Gasteiger partial charge in [0.05, 0.1) is 6.10 Å². The highest BCUT2D eigenvalue weighted by Crippen LogP contribution is 2.37. The van der Waals surface area contributed by atoms with E-state index in [0.717, 1.165) is 24.9 Å². The normalized spacial score (nSPS) is 27.4. The van der Waals surface area contributed by atoms with Crippen LogP contribution in [0.15, 0.2) is 0 Å². The predicted octanol–water partition coefficient (Wildman–Crippen LogP) is 0.933. The van der Waals surface area contributed by atoms with Gasteiger partial charge in [0, 0.05) is 25.7 Å². The van der Waals surface area contributed by atoms with E-state index in [9.17, 15) is 5.11 Å². The maximum Gasteiger partial charge on any atom is 0.0791 e. The minimum Gasteiger partial charge on any atom is -0.390 e. The van der Waals surface area contributed by atoms with E-state index in [2.05, 4.69) is 38.0 Å². The SMILES string of the molecule is CC(C)NCC(O)CN(C)CC1CC1C. The molecule has 3 nitrogen and oxygen atoms in total. The Kier molecular flexibility index (Phi) is 5.03. The summed E-state index contributed by atoms with van der Waals surface area (Å²) in [5, 5.41) is 13.0. The minimum absolute atomic E-state index is 0.244. The maximum absolute atomic E-state index is 9.76. The van der Waals surface area contributed by atoms with Crippen LogP contribution < -0.4 is 5.32 Å². The molecule has 0 amide bonds. The molecule has 3 heteroatoms. The van der Waals surface area contributed by atoms with Crippen molar-refractivity contribution in [3.63, 3.8) is 0 Å². The largest absolute Gasteiger partial charge is 0.390 e. The molecule has 1 fully saturated rings.